The standard InChI is InChI=1S/C41H68O10/c1-3-5-7-9-11-13-14-15-16-17-18-19-20-22-24-26-28-30-37(44)50-34(33-49-41-40(47)39(46)38(45)35(31-42)51-41)32-48-36(43)29-27-25-23-21-12-10-8-6-4-2/h5,7,11,13,15-16,18-19,22,24,34-35,38-42,45-47H,3-4,6,8-10,12,14,17,20-21,23,25-33H2,1-2H3/b7-5-,13-11-,16-15-,19-18-,24-22-. The minimum Gasteiger partial charge on any atom is -0.462 e. The zero-order valence-corrected chi connectivity index (χ0v) is 31.3. The molecular weight excluding hydrogens is 652 g/mol. The smallest absolute Gasteiger partial charge is 0.306 e. The third kappa shape index (κ3) is 24.3. The van der Waals surface area contributed by atoms with Crippen LogP contribution in [0.1, 0.15) is 129 Å². The van der Waals surface area contributed by atoms with Crippen molar-refractivity contribution >= 4 is 11.9 Å². The van der Waals surface area contributed by atoms with Gasteiger partial charge in [-0.05, 0) is 51.4 Å². The molecule has 51 heavy (non-hydrogen) atoms. The molecule has 1 aliphatic rings. The van der Waals surface area contributed by atoms with Crippen LogP contribution in [0.4, 0.5) is 0 Å². The van der Waals surface area contributed by atoms with Crippen molar-refractivity contribution in [1.29, 1.82) is 0 Å². The van der Waals surface area contributed by atoms with Crippen LogP contribution in [-0.4, -0.2) is 89.0 Å². The van der Waals surface area contributed by atoms with E-state index in [0.717, 1.165) is 57.8 Å². The number of hydrogen-bond acceptors (Lipinski definition) is 10. The molecule has 10 heteroatoms. The highest BCUT2D eigenvalue weighted by Crippen LogP contribution is 2.22. The summed E-state index contributed by atoms with van der Waals surface area (Å²) in [4.78, 5) is 25.1. The first-order valence-electron chi connectivity index (χ1n) is 19.4. The summed E-state index contributed by atoms with van der Waals surface area (Å²) in [5.74, 6) is -0.884. The lowest BCUT2D eigenvalue weighted by Crippen LogP contribution is -2.59. The number of carbonyl (C=O) groups is 2. The molecule has 0 radical (unpaired) electrons. The third-order valence-electron chi connectivity index (χ3n) is 8.42. The Labute approximate surface area is 307 Å². The zero-order valence-electron chi connectivity index (χ0n) is 31.3. The van der Waals surface area contributed by atoms with Crippen LogP contribution in [-0.2, 0) is 28.5 Å². The lowest BCUT2D eigenvalue weighted by Gasteiger charge is -2.39. The van der Waals surface area contributed by atoms with E-state index in [4.69, 9.17) is 18.9 Å². The summed E-state index contributed by atoms with van der Waals surface area (Å²) >= 11 is 0. The fourth-order valence-corrected chi connectivity index (χ4v) is 5.34. The Hall–Kier alpha value is -2.60. The first kappa shape index (κ1) is 46.4. The highest BCUT2D eigenvalue weighted by atomic mass is 16.7. The van der Waals surface area contributed by atoms with E-state index in [9.17, 15) is 30.0 Å². The monoisotopic (exact) mass is 720 g/mol. The van der Waals surface area contributed by atoms with Gasteiger partial charge in [0.25, 0.3) is 0 Å². The molecule has 0 amide bonds. The molecule has 6 unspecified atom stereocenters. The molecule has 1 aliphatic heterocycles. The maximum absolute atomic E-state index is 12.7. The average Bonchev–Trinajstić information content (AvgIpc) is 3.13. The molecule has 6 atom stereocenters. The number of allylic oxidation sites excluding steroid dienone is 10. The molecule has 0 spiro atoms. The molecule has 0 bridgehead atoms. The lowest BCUT2D eigenvalue weighted by molar-refractivity contribution is -0.305. The minimum atomic E-state index is -1.60. The Morgan fingerprint density at radius 2 is 1.16 bits per heavy atom. The molecule has 1 rings (SSSR count). The van der Waals surface area contributed by atoms with E-state index >= 15 is 0 Å². The van der Waals surface area contributed by atoms with Crippen molar-refractivity contribution in [2.45, 2.75) is 166 Å². The molecule has 1 fully saturated rings. The number of carbonyl (C=O) groups excluding carboxylic acids is 2. The zero-order chi connectivity index (χ0) is 37.4. The van der Waals surface area contributed by atoms with E-state index in [0.29, 0.717) is 12.8 Å². The predicted molar refractivity (Wildman–Crippen MR) is 201 cm³/mol. The summed E-state index contributed by atoms with van der Waals surface area (Å²) in [7, 11) is 0. The van der Waals surface area contributed by atoms with E-state index in [1.165, 1.54) is 32.1 Å². The quantitative estimate of drug-likeness (QED) is 0.0344. The fourth-order valence-electron chi connectivity index (χ4n) is 5.34. The molecule has 292 valence electrons. The first-order valence-corrected chi connectivity index (χ1v) is 19.4. The number of aliphatic hydroxyl groups is 4. The van der Waals surface area contributed by atoms with Crippen LogP contribution in [0.2, 0.25) is 0 Å². The Kier molecular flexibility index (Phi) is 29.2. The van der Waals surface area contributed by atoms with Gasteiger partial charge in [-0.15, -0.1) is 0 Å². The molecule has 10 nitrogen and oxygen atoms in total. The van der Waals surface area contributed by atoms with Crippen LogP contribution in [0, 0.1) is 0 Å². The van der Waals surface area contributed by atoms with Gasteiger partial charge in [0.1, 0.15) is 31.0 Å². The molecule has 0 aliphatic carbocycles. The summed E-state index contributed by atoms with van der Waals surface area (Å²) in [5, 5.41) is 39.9. The van der Waals surface area contributed by atoms with Gasteiger partial charge in [0.15, 0.2) is 12.4 Å². The maximum Gasteiger partial charge on any atom is 0.306 e. The Balaban J connectivity index is 2.45. The summed E-state index contributed by atoms with van der Waals surface area (Å²) in [6.45, 7) is 3.19. The fraction of sp³-hybridized carbons (Fsp3) is 0.707. The Morgan fingerprint density at radius 1 is 0.627 bits per heavy atom. The Bertz CT molecular complexity index is 1020. The van der Waals surface area contributed by atoms with Gasteiger partial charge < -0.3 is 39.4 Å². The number of unbranched alkanes of at least 4 members (excludes halogenated alkanes) is 9. The molecule has 0 aromatic heterocycles. The number of ether oxygens (including phenoxy) is 4. The van der Waals surface area contributed by atoms with Crippen molar-refractivity contribution in [2.75, 3.05) is 19.8 Å². The normalized spacial score (nSPS) is 21.9. The van der Waals surface area contributed by atoms with Gasteiger partial charge >= 0.3 is 11.9 Å². The summed E-state index contributed by atoms with van der Waals surface area (Å²) in [6, 6.07) is 0. The van der Waals surface area contributed by atoms with E-state index < -0.39 is 55.4 Å². The van der Waals surface area contributed by atoms with Crippen LogP contribution in [0.3, 0.4) is 0 Å². The number of esters is 2. The van der Waals surface area contributed by atoms with Crippen LogP contribution >= 0.6 is 0 Å². The van der Waals surface area contributed by atoms with Crippen LogP contribution in [0.5, 0.6) is 0 Å². The van der Waals surface area contributed by atoms with E-state index in [2.05, 4.69) is 68.5 Å². The third-order valence-corrected chi connectivity index (χ3v) is 8.42. The van der Waals surface area contributed by atoms with Crippen molar-refractivity contribution in [3.63, 3.8) is 0 Å². The Morgan fingerprint density at radius 3 is 1.73 bits per heavy atom. The number of rotatable bonds is 30. The SMILES string of the molecule is CC/C=C\C/C=C\C/C=C\C/C=C\C/C=C\CCCC(=O)OC(COC(=O)CCCCCCCCCCC)COC1OC(CO)C(O)C(O)C1O. The topological polar surface area (TPSA) is 152 Å². The van der Waals surface area contributed by atoms with Gasteiger partial charge in [-0.1, -0.05) is 126 Å². The molecule has 0 aromatic rings. The van der Waals surface area contributed by atoms with Crippen molar-refractivity contribution in [1.82, 2.24) is 0 Å². The van der Waals surface area contributed by atoms with Crippen LogP contribution < -0.4 is 0 Å². The molecule has 4 N–H and O–H groups in total. The van der Waals surface area contributed by atoms with Crippen LogP contribution in [0.25, 0.3) is 0 Å². The van der Waals surface area contributed by atoms with Gasteiger partial charge in [-0.25, -0.2) is 0 Å². The van der Waals surface area contributed by atoms with Gasteiger partial charge in [-0.3, -0.25) is 9.59 Å². The van der Waals surface area contributed by atoms with Crippen molar-refractivity contribution in [3.05, 3.63) is 60.8 Å². The molecule has 0 saturated carbocycles. The van der Waals surface area contributed by atoms with E-state index in [1.54, 1.807) is 0 Å². The van der Waals surface area contributed by atoms with Crippen molar-refractivity contribution in [2.24, 2.45) is 0 Å². The minimum absolute atomic E-state index is 0.150. The number of aliphatic hydroxyl groups excluding tert-OH is 4. The highest BCUT2D eigenvalue weighted by molar-refractivity contribution is 5.70. The summed E-state index contributed by atoms with van der Waals surface area (Å²) in [5.41, 5.74) is 0. The van der Waals surface area contributed by atoms with Gasteiger partial charge in [0.05, 0.1) is 13.2 Å². The molecule has 1 saturated heterocycles. The molecular formula is C41H68O10. The lowest BCUT2D eigenvalue weighted by atomic mass is 9.99. The second kappa shape index (κ2) is 32.1. The predicted octanol–water partition coefficient (Wildman–Crippen LogP) is 7.10. The summed E-state index contributed by atoms with van der Waals surface area (Å²) in [6.07, 6.45) is 29.6. The first-order chi connectivity index (χ1) is 24.8. The highest BCUT2D eigenvalue weighted by Gasteiger charge is 2.44. The largest absolute Gasteiger partial charge is 0.462 e. The van der Waals surface area contributed by atoms with Crippen molar-refractivity contribution in [3.8, 4) is 0 Å². The van der Waals surface area contributed by atoms with Crippen molar-refractivity contribution < 1.29 is 49.0 Å². The average molecular weight is 721 g/mol. The van der Waals surface area contributed by atoms with Gasteiger partial charge in [-0.2, -0.15) is 0 Å². The molecule has 0 aromatic carbocycles. The van der Waals surface area contributed by atoms with Gasteiger partial charge in [0, 0.05) is 12.8 Å². The van der Waals surface area contributed by atoms with E-state index in [-0.39, 0.29) is 26.1 Å². The van der Waals surface area contributed by atoms with Gasteiger partial charge in [0.2, 0.25) is 0 Å². The van der Waals surface area contributed by atoms with E-state index in [1.807, 2.05) is 6.08 Å². The summed E-state index contributed by atoms with van der Waals surface area (Å²) < 4.78 is 22.0. The second-order valence-electron chi connectivity index (χ2n) is 13.0. The van der Waals surface area contributed by atoms with Crippen LogP contribution in [0.15, 0.2) is 60.8 Å². The maximum atomic E-state index is 12.7. The number of hydrogen-bond donors (Lipinski definition) is 4. The molecule has 1 heterocycles. The second-order valence-corrected chi connectivity index (χ2v) is 13.0.